The fourth-order valence-corrected chi connectivity index (χ4v) is 4.30. The van der Waals surface area contributed by atoms with Crippen LogP contribution in [-0.4, -0.2) is 58.6 Å². The van der Waals surface area contributed by atoms with E-state index in [4.69, 9.17) is 5.73 Å². The summed E-state index contributed by atoms with van der Waals surface area (Å²) in [6.07, 6.45) is 3.18. The maximum Gasteiger partial charge on any atom is 0.262 e. The van der Waals surface area contributed by atoms with Crippen molar-refractivity contribution in [2.24, 2.45) is 5.73 Å². The number of likely N-dealkylation sites (tertiary alicyclic amines) is 1. The number of rotatable bonds is 3. The minimum Gasteiger partial charge on any atom is -0.328 e. The molecule has 3 N–H and O–H groups in total. The van der Waals surface area contributed by atoms with Crippen molar-refractivity contribution in [3.05, 3.63) is 34.9 Å². The van der Waals surface area contributed by atoms with E-state index in [1.165, 1.54) is 0 Å². The molecule has 3 aliphatic rings. The molecule has 8 nitrogen and oxygen atoms in total. The number of benzene rings is 1. The van der Waals surface area contributed by atoms with Gasteiger partial charge in [0, 0.05) is 19.0 Å². The minimum atomic E-state index is -0.936. The first kappa shape index (κ1) is 18.8. The van der Waals surface area contributed by atoms with Gasteiger partial charge in [0.2, 0.25) is 11.8 Å². The molecule has 4 amide bonds. The van der Waals surface area contributed by atoms with Crippen molar-refractivity contribution in [2.45, 2.75) is 50.7 Å². The van der Waals surface area contributed by atoms with Crippen molar-refractivity contribution >= 4 is 23.6 Å². The number of carbonyl (C=O) groups is 4. The fourth-order valence-electron chi connectivity index (χ4n) is 4.30. The summed E-state index contributed by atoms with van der Waals surface area (Å²) in [4.78, 5) is 52.9. The van der Waals surface area contributed by atoms with Gasteiger partial charge in [-0.3, -0.25) is 34.3 Å². The Bertz CT molecular complexity index is 853. The monoisotopic (exact) mass is 384 g/mol. The largest absolute Gasteiger partial charge is 0.328 e. The molecule has 4 rings (SSSR count). The highest BCUT2D eigenvalue weighted by Crippen LogP contribution is 2.30. The van der Waals surface area contributed by atoms with Crippen LogP contribution in [0.15, 0.2) is 18.2 Å². The molecule has 0 spiro atoms. The highest BCUT2D eigenvalue weighted by molar-refractivity contribution is 6.24. The molecule has 0 aromatic heterocycles. The van der Waals surface area contributed by atoms with Crippen LogP contribution in [0.5, 0.6) is 0 Å². The minimum absolute atomic E-state index is 0.116. The highest BCUT2D eigenvalue weighted by Gasteiger charge is 2.45. The lowest BCUT2D eigenvalue weighted by Crippen LogP contribution is -2.54. The Labute approximate surface area is 163 Å². The van der Waals surface area contributed by atoms with E-state index in [0.717, 1.165) is 42.8 Å². The summed E-state index contributed by atoms with van der Waals surface area (Å²) < 4.78 is 0. The number of hydrogen-bond acceptors (Lipinski definition) is 6. The number of carbonyl (C=O) groups excluding carboxylic acids is 4. The van der Waals surface area contributed by atoms with E-state index in [2.05, 4.69) is 10.2 Å². The lowest BCUT2D eigenvalue weighted by atomic mass is 10.0. The Morgan fingerprint density at radius 2 is 1.86 bits per heavy atom. The summed E-state index contributed by atoms with van der Waals surface area (Å²) in [7, 11) is 0. The molecule has 2 saturated heterocycles. The predicted octanol–water partition coefficient (Wildman–Crippen LogP) is 0.401. The summed E-state index contributed by atoms with van der Waals surface area (Å²) in [6, 6.07) is 4.54. The number of imide groups is 2. The van der Waals surface area contributed by atoms with Crippen LogP contribution in [0.3, 0.4) is 0 Å². The van der Waals surface area contributed by atoms with E-state index in [-0.39, 0.29) is 24.8 Å². The first-order valence-electron chi connectivity index (χ1n) is 9.77. The molecule has 0 bridgehead atoms. The third-order valence-corrected chi connectivity index (χ3v) is 5.81. The second kappa shape index (κ2) is 7.44. The molecule has 2 atom stereocenters. The van der Waals surface area contributed by atoms with Crippen molar-refractivity contribution < 1.29 is 19.2 Å². The van der Waals surface area contributed by atoms with Crippen LogP contribution >= 0.6 is 0 Å². The number of fused-ring (bicyclic) bond motifs is 1. The predicted molar refractivity (Wildman–Crippen MR) is 100 cm³/mol. The van der Waals surface area contributed by atoms with Crippen LogP contribution in [0.25, 0.3) is 0 Å². The molecular weight excluding hydrogens is 360 g/mol. The maximum atomic E-state index is 13.1. The zero-order chi connectivity index (χ0) is 19.8. The zero-order valence-electron chi connectivity index (χ0n) is 15.6. The van der Waals surface area contributed by atoms with Gasteiger partial charge in [0.1, 0.15) is 6.04 Å². The first-order chi connectivity index (χ1) is 13.5. The van der Waals surface area contributed by atoms with Crippen molar-refractivity contribution in [2.75, 3.05) is 13.1 Å². The molecule has 2 unspecified atom stereocenters. The lowest BCUT2D eigenvalue weighted by Gasteiger charge is -2.28. The van der Waals surface area contributed by atoms with Crippen molar-refractivity contribution in [1.82, 2.24) is 15.1 Å². The van der Waals surface area contributed by atoms with Crippen LogP contribution in [0.2, 0.25) is 0 Å². The summed E-state index contributed by atoms with van der Waals surface area (Å²) >= 11 is 0. The van der Waals surface area contributed by atoms with Gasteiger partial charge in [-0.1, -0.05) is 12.1 Å². The second-order valence-electron chi connectivity index (χ2n) is 7.75. The van der Waals surface area contributed by atoms with E-state index in [9.17, 15) is 19.2 Å². The van der Waals surface area contributed by atoms with E-state index in [1.807, 2.05) is 6.07 Å². The standard InChI is InChI=1S/C20H24N4O4/c21-13-4-2-9-23(10-8-13)11-12-3-1-5-14-17(12)20(28)24(19(14)27)15-6-7-16(25)22-18(15)26/h1,3,5,13,15H,2,4,6-11,21H2,(H,22,25,26). The third kappa shape index (κ3) is 3.33. The van der Waals surface area contributed by atoms with Gasteiger partial charge in [0.25, 0.3) is 11.8 Å². The maximum absolute atomic E-state index is 13.1. The molecule has 28 heavy (non-hydrogen) atoms. The fraction of sp³-hybridized carbons (Fsp3) is 0.500. The van der Waals surface area contributed by atoms with Gasteiger partial charge >= 0.3 is 0 Å². The van der Waals surface area contributed by atoms with E-state index in [1.54, 1.807) is 12.1 Å². The summed E-state index contributed by atoms with van der Waals surface area (Å²) in [5.74, 6) is -1.88. The van der Waals surface area contributed by atoms with Crippen molar-refractivity contribution in [3.63, 3.8) is 0 Å². The Morgan fingerprint density at radius 3 is 2.64 bits per heavy atom. The van der Waals surface area contributed by atoms with Gasteiger partial charge in [-0.25, -0.2) is 0 Å². The first-order valence-corrected chi connectivity index (χ1v) is 9.77. The molecule has 1 aromatic carbocycles. The molecule has 2 fully saturated rings. The van der Waals surface area contributed by atoms with Crippen molar-refractivity contribution in [1.29, 1.82) is 0 Å². The number of nitrogens with two attached hydrogens (primary N) is 1. The average molecular weight is 384 g/mol. The van der Waals surface area contributed by atoms with Gasteiger partial charge in [-0.15, -0.1) is 0 Å². The van der Waals surface area contributed by atoms with Gasteiger partial charge in [-0.2, -0.15) is 0 Å². The van der Waals surface area contributed by atoms with Crippen molar-refractivity contribution in [3.8, 4) is 0 Å². The van der Waals surface area contributed by atoms with Crippen LogP contribution < -0.4 is 11.1 Å². The molecule has 3 aliphatic heterocycles. The Balaban J connectivity index is 1.59. The molecule has 8 heteroatoms. The van der Waals surface area contributed by atoms with E-state index >= 15 is 0 Å². The van der Waals surface area contributed by atoms with E-state index in [0.29, 0.717) is 17.7 Å². The van der Waals surface area contributed by atoms with Gasteiger partial charge in [-0.05, 0) is 50.4 Å². The Kier molecular flexibility index (Phi) is 4.99. The second-order valence-corrected chi connectivity index (χ2v) is 7.75. The molecule has 148 valence electrons. The number of nitrogens with zero attached hydrogens (tertiary/aromatic N) is 2. The number of amides is 4. The van der Waals surface area contributed by atoms with E-state index < -0.39 is 23.8 Å². The molecule has 0 aliphatic carbocycles. The molecule has 0 saturated carbocycles. The van der Waals surface area contributed by atoms with Crippen LogP contribution in [-0.2, 0) is 16.1 Å². The smallest absolute Gasteiger partial charge is 0.262 e. The number of piperidine rings is 1. The molecule has 0 radical (unpaired) electrons. The summed E-state index contributed by atoms with van der Waals surface area (Å²) in [5, 5.41) is 2.22. The Hall–Kier alpha value is -2.58. The lowest BCUT2D eigenvalue weighted by molar-refractivity contribution is -0.136. The quantitative estimate of drug-likeness (QED) is 0.730. The number of nitrogens with one attached hydrogen (secondary N) is 1. The van der Waals surface area contributed by atoms with Gasteiger partial charge < -0.3 is 5.73 Å². The Morgan fingerprint density at radius 1 is 1.04 bits per heavy atom. The average Bonchev–Trinajstić information content (AvgIpc) is 2.79. The number of hydrogen-bond donors (Lipinski definition) is 2. The molecule has 3 heterocycles. The summed E-state index contributed by atoms with van der Waals surface area (Å²) in [5.41, 5.74) is 7.56. The third-order valence-electron chi connectivity index (χ3n) is 5.81. The topological polar surface area (TPSA) is 113 Å². The zero-order valence-corrected chi connectivity index (χ0v) is 15.6. The normalized spacial score (nSPS) is 26.2. The summed E-state index contributed by atoms with van der Waals surface area (Å²) in [6.45, 7) is 2.32. The molecular formula is C20H24N4O4. The SMILES string of the molecule is NC1CCCN(Cc2cccc3c2C(=O)N(C2CCC(=O)NC2=O)C3=O)CC1. The highest BCUT2D eigenvalue weighted by atomic mass is 16.2. The molecule has 1 aromatic rings. The van der Waals surface area contributed by atoms with Gasteiger partial charge in [0.15, 0.2) is 0 Å². The van der Waals surface area contributed by atoms with Crippen LogP contribution in [0.4, 0.5) is 0 Å². The van der Waals surface area contributed by atoms with Crippen LogP contribution in [0.1, 0.15) is 58.4 Å². The van der Waals surface area contributed by atoms with Crippen LogP contribution in [0, 0.1) is 0 Å². The van der Waals surface area contributed by atoms with Gasteiger partial charge in [0.05, 0.1) is 11.1 Å².